The number of fused-ring (bicyclic) bond motifs is 1. The van der Waals surface area contributed by atoms with Crippen molar-refractivity contribution in [3.05, 3.63) is 35.9 Å². The molecule has 0 spiro atoms. The van der Waals surface area contributed by atoms with Crippen molar-refractivity contribution in [2.75, 3.05) is 13.2 Å². The first-order chi connectivity index (χ1) is 11.7. The topological polar surface area (TPSA) is 55.8 Å². The minimum atomic E-state index is -0.427. The lowest BCUT2D eigenvalue weighted by molar-refractivity contribution is -0.122. The van der Waals surface area contributed by atoms with E-state index in [1.54, 1.807) is 4.90 Å². The third-order valence-electron chi connectivity index (χ3n) is 5.63. The summed E-state index contributed by atoms with van der Waals surface area (Å²) in [5.74, 6) is 0.00129. The normalized spacial score (nSPS) is 27.7. The average molecular weight is 329 g/mol. The molecule has 2 aliphatic heterocycles. The minimum absolute atomic E-state index is 0.00129. The number of likely N-dealkylation sites (tertiary alicyclic amines) is 1. The fraction of sp³-hybridized carbons (Fsp3) is 0.579. The second-order valence-electron chi connectivity index (χ2n) is 7.13. The van der Waals surface area contributed by atoms with Gasteiger partial charge in [-0.1, -0.05) is 30.3 Å². The Morgan fingerprint density at radius 1 is 1.29 bits per heavy atom. The molecule has 0 aromatic heterocycles. The van der Waals surface area contributed by atoms with Gasteiger partial charge in [-0.15, -0.1) is 0 Å². The molecule has 2 heterocycles. The number of aryl methyl sites for hydroxylation is 1. The lowest BCUT2D eigenvalue weighted by atomic mass is 9.76. The molecule has 0 radical (unpaired) electrons. The van der Waals surface area contributed by atoms with Crippen molar-refractivity contribution in [3.63, 3.8) is 0 Å². The Morgan fingerprint density at radius 3 is 2.79 bits per heavy atom. The van der Waals surface area contributed by atoms with E-state index < -0.39 is 6.04 Å². The third kappa shape index (κ3) is 2.81. The molecule has 1 aliphatic carbocycles. The molecule has 1 amide bonds. The fourth-order valence-corrected chi connectivity index (χ4v) is 4.03. The van der Waals surface area contributed by atoms with Crippen LogP contribution in [0.2, 0.25) is 0 Å². The van der Waals surface area contributed by atoms with Gasteiger partial charge in [0, 0.05) is 6.54 Å². The zero-order valence-electron chi connectivity index (χ0n) is 13.8. The number of ketones is 1. The molecule has 128 valence electrons. The van der Waals surface area contributed by atoms with Crippen molar-refractivity contribution < 1.29 is 19.1 Å². The quantitative estimate of drug-likeness (QED) is 0.852. The van der Waals surface area contributed by atoms with E-state index in [-0.39, 0.29) is 30.2 Å². The molecule has 4 rings (SSSR count). The van der Waals surface area contributed by atoms with Crippen molar-refractivity contribution in [2.45, 2.75) is 56.3 Å². The van der Waals surface area contributed by atoms with Crippen LogP contribution in [0.15, 0.2) is 30.3 Å². The van der Waals surface area contributed by atoms with Crippen LogP contribution in [0.25, 0.3) is 0 Å². The first kappa shape index (κ1) is 15.6. The number of nitrogens with zero attached hydrogens (tertiary/aromatic N) is 1. The molecule has 5 nitrogen and oxygen atoms in total. The van der Waals surface area contributed by atoms with Gasteiger partial charge < -0.3 is 9.47 Å². The van der Waals surface area contributed by atoms with E-state index in [2.05, 4.69) is 12.1 Å². The predicted molar refractivity (Wildman–Crippen MR) is 87.7 cm³/mol. The highest BCUT2D eigenvalue weighted by Crippen LogP contribution is 2.41. The highest BCUT2D eigenvalue weighted by Gasteiger charge is 2.49. The van der Waals surface area contributed by atoms with Gasteiger partial charge in [0.2, 0.25) is 0 Å². The van der Waals surface area contributed by atoms with Gasteiger partial charge in [-0.2, -0.15) is 0 Å². The Labute approximate surface area is 141 Å². The molecule has 3 fully saturated rings. The van der Waals surface area contributed by atoms with E-state index in [0.717, 1.165) is 38.5 Å². The van der Waals surface area contributed by atoms with Crippen molar-refractivity contribution >= 4 is 11.9 Å². The molecule has 5 heteroatoms. The number of hydrogen-bond acceptors (Lipinski definition) is 4. The smallest absolute Gasteiger partial charge is 0.411 e. The molecule has 2 saturated heterocycles. The zero-order chi connectivity index (χ0) is 16.6. The minimum Gasteiger partial charge on any atom is -0.443 e. The SMILES string of the molecule is O=C1COC2CCN(C(=O)OC3(CCc4ccccc4)CCC3)C12. The predicted octanol–water partition coefficient (Wildman–Crippen LogP) is 2.72. The average Bonchev–Trinajstić information content (AvgIpc) is 3.14. The number of hydrogen-bond donors (Lipinski definition) is 0. The van der Waals surface area contributed by atoms with Gasteiger partial charge in [0.05, 0.1) is 6.10 Å². The molecular weight excluding hydrogens is 306 g/mol. The van der Waals surface area contributed by atoms with Gasteiger partial charge >= 0.3 is 6.09 Å². The third-order valence-corrected chi connectivity index (χ3v) is 5.63. The van der Waals surface area contributed by atoms with E-state index in [0.29, 0.717) is 6.54 Å². The van der Waals surface area contributed by atoms with Crippen LogP contribution < -0.4 is 0 Å². The van der Waals surface area contributed by atoms with Crippen molar-refractivity contribution in [1.82, 2.24) is 4.90 Å². The molecule has 1 saturated carbocycles. The zero-order valence-corrected chi connectivity index (χ0v) is 13.8. The van der Waals surface area contributed by atoms with Crippen molar-refractivity contribution in [2.24, 2.45) is 0 Å². The number of ether oxygens (including phenoxy) is 2. The molecule has 1 aromatic rings. The van der Waals surface area contributed by atoms with Crippen LogP contribution in [0, 0.1) is 0 Å². The van der Waals surface area contributed by atoms with Gasteiger partial charge in [-0.3, -0.25) is 9.69 Å². The summed E-state index contributed by atoms with van der Waals surface area (Å²) in [6.45, 7) is 0.674. The van der Waals surface area contributed by atoms with E-state index in [1.165, 1.54) is 5.56 Å². The second-order valence-corrected chi connectivity index (χ2v) is 7.13. The van der Waals surface area contributed by atoms with Crippen LogP contribution >= 0.6 is 0 Å². The van der Waals surface area contributed by atoms with E-state index >= 15 is 0 Å². The Bertz CT molecular complexity index is 626. The number of amides is 1. The molecule has 0 bridgehead atoms. The molecule has 2 atom stereocenters. The maximum Gasteiger partial charge on any atom is 0.411 e. The largest absolute Gasteiger partial charge is 0.443 e. The molecule has 1 aromatic carbocycles. The van der Waals surface area contributed by atoms with Gasteiger partial charge in [0.1, 0.15) is 18.2 Å². The summed E-state index contributed by atoms with van der Waals surface area (Å²) >= 11 is 0. The lowest BCUT2D eigenvalue weighted by Crippen LogP contribution is -2.49. The van der Waals surface area contributed by atoms with E-state index in [9.17, 15) is 9.59 Å². The first-order valence-corrected chi connectivity index (χ1v) is 8.85. The Hall–Kier alpha value is -1.88. The summed E-state index contributed by atoms with van der Waals surface area (Å²) in [5.41, 5.74) is 0.911. The van der Waals surface area contributed by atoms with Crippen LogP contribution in [-0.2, 0) is 20.7 Å². The highest BCUT2D eigenvalue weighted by molar-refractivity contribution is 5.91. The summed E-state index contributed by atoms with van der Waals surface area (Å²) in [6, 6.07) is 9.86. The number of Topliss-reactive ketones (excluding diaryl/α,β-unsaturated/α-hetero) is 1. The monoisotopic (exact) mass is 329 g/mol. The second kappa shape index (κ2) is 6.20. The van der Waals surface area contributed by atoms with Gasteiger partial charge in [-0.05, 0) is 44.1 Å². The summed E-state index contributed by atoms with van der Waals surface area (Å²) < 4.78 is 11.4. The van der Waals surface area contributed by atoms with E-state index in [4.69, 9.17) is 9.47 Å². The highest BCUT2D eigenvalue weighted by atomic mass is 16.6. The lowest BCUT2D eigenvalue weighted by Gasteiger charge is -2.42. The first-order valence-electron chi connectivity index (χ1n) is 8.85. The number of carbonyl (C=O) groups is 2. The molecule has 0 N–H and O–H groups in total. The summed E-state index contributed by atoms with van der Waals surface area (Å²) in [5, 5.41) is 0. The number of rotatable bonds is 4. The van der Waals surface area contributed by atoms with Crippen LogP contribution in [-0.4, -0.2) is 47.7 Å². The van der Waals surface area contributed by atoms with Crippen LogP contribution in [0.5, 0.6) is 0 Å². The Morgan fingerprint density at radius 2 is 2.08 bits per heavy atom. The molecule has 2 unspecified atom stereocenters. The standard InChI is InChI=1S/C19H23NO4/c21-15-13-23-16-8-12-20(17(15)16)18(22)24-19(9-4-10-19)11-7-14-5-2-1-3-6-14/h1-3,5-6,16-17H,4,7-13H2. The van der Waals surface area contributed by atoms with Crippen LogP contribution in [0.3, 0.4) is 0 Å². The molecular formula is C19H23NO4. The fourth-order valence-electron chi connectivity index (χ4n) is 4.03. The number of benzene rings is 1. The summed E-state index contributed by atoms with van der Waals surface area (Å²) in [7, 11) is 0. The van der Waals surface area contributed by atoms with Crippen LogP contribution in [0.1, 0.15) is 37.7 Å². The van der Waals surface area contributed by atoms with Gasteiger partial charge in [0.25, 0.3) is 0 Å². The summed E-state index contributed by atoms with van der Waals surface area (Å²) in [6.07, 6.45) is 4.92. The van der Waals surface area contributed by atoms with Gasteiger partial charge in [-0.25, -0.2) is 4.79 Å². The maximum absolute atomic E-state index is 12.6. The van der Waals surface area contributed by atoms with E-state index in [1.807, 2.05) is 18.2 Å². The maximum atomic E-state index is 12.6. The Kier molecular flexibility index (Phi) is 4.04. The van der Waals surface area contributed by atoms with Crippen molar-refractivity contribution in [3.8, 4) is 0 Å². The number of carbonyl (C=O) groups excluding carboxylic acids is 2. The van der Waals surface area contributed by atoms with Crippen molar-refractivity contribution in [1.29, 1.82) is 0 Å². The summed E-state index contributed by atoms with van der Waals surface area (Å²) in [4.78, 5) is 26.2. The molecule has 3 aliphatic rings. The van der Waals surface area contributed by atoms with Crippen LogP contribution in [0.4, 0.5) is 4.79 Å². The molecule has 24 heavy (non-hydrogen) atoms. The Balaban J connectivity index is 1.39. The van der Waals surface area contributed by atoms with Gasteiger partial charge in [0.15, 0.2) is 5.78 Å².